The van der Waals surface area contributed by atoms with Crippen molar-refractivity contribution in [2.75, 3.05) is 0 Å². The average molecular weight is 211 g/mol. The molecule has 1 unspecified atom stereocenters. The molecule has 1 aromatic rings. The third kappa shape index (κ3) is 2.56. The van der Waals surface area contributed by atoms with Crippen molar-refractivity contribution in [3.63, 3.8) is 0 Å². The fourth-order valence-electron chi connectivity index (χ4n) is 1.39. The van der Waals surface area contributed by atoms with Gasteiger partial charge in [0.15, 0.2) is 0 Å². The third-order valence-corrected chi connectivity index (χ3v) is 2.71. The summed E-state index contributed by atoms with van der Waals surface area (Å²) in [5.74, 6) is -0.965. The summed E-state index contributed by atoms with van der Waals surface area (Å²) in [5, 5.41) is 12.9. The molecule has 0 saturated carbocycles. The largest absolute Gasteiger partial charge is 0.480 e. The predicted molar refractivity (Wildman–Crippen MR) is 56.7 cm³/mol. The van der Waals surface area contributed by atoms with Gasteiger partial charge >= 0.3 is 5.97 Å². The molecular formula is C10H17N3O2. The molecule has 5 heteroatoms. The molecule has 0 spiro atoms. The molecule has 0 radical (unpaired) electrons. The Hall–Kier alpha value is -1.36. The van der Waals surface area contributed by atoms with Crippen LogP contribution in [0.25, 0.3) is 0 Å². The Morgan fingerprint density at radius 3 is 2.53 bits per heavy atom. The van der Waals surface area contributed by atoms with Crippen molar-refractivity contribution < 1.29 is 9.90 Å². The van der Waals surface area contributed by atoms with E-state index in [9.17, 15) is 4.79 Å². The number of nitrogens with two attached hydrogens (primary N) is 1. The minimum Gasteiger partial charge on any atom is -0.480 e. The van der Waals surface area contributed by atoms with Crippen LogP contribution < -0.4 is 5.73 Å². The molecule has 0 fully saturated rings. The Kier molecular flexibility index (Phi) is 3.47. The summed E-state index contributed by atoms with van der Waals surface area (Å²) in [5.41, 5.74) is 8.63. The number of rotatable bonds is 4. The van der Waals surface area contributed by atoms with E-state index in [2.05, 4.69) is 5.10 Å². The maximum Gasteiger partial charge on any atom is 0.320 e. The lowest BCUT2D eigenvalue weighted by molar-refractivity contribution is -0.138. The summed E-state index contributed by atoms with van der Waals surface area (Å²) in [4.78, 5) is 10.5. The van der Waals surface area contributed by atoms with E-state index in [0.29, 0.717) is 13.0 Å². The standard InChI is InChI=1S/C10H17N3O2/c1-6-7(2)12-13(8(6)3)5-4-9(11)10(14)15/h9H,4-5,11H2,1-3H3,(H,14,15). The number of carbonyl (C=O) groups is 1. The normalized spacial score (nSPS) is 12.8. The van der Waals surface area contributed by atoms with Crippen molar-refractivity contribution in [1.82, 2.24) is 9.78 Å². The molecule has 15 heavy (non-hydrogen) atoms. The maximum atomic E-state index is 10.5. The van der Waals surface area contributed by atoms with Crippen molar-refractivity contribution in [1.29, 1.82) is 0 Å². The van der Waals surface area contributed by atoms with E-state index in [1.54, 1.807) is 0 Å². The van der Waals surface area contributed by atoms with Crippen LogP contribution in [-0.4, -0.2) is 26.9 Å². The van der Waals surface area contributed by atoms with Crippen LogP contribution in [0.5, 0.6) is 0 Å². The van der Waals surface area contributed by atoms with Gasteiger partial charge in [-0.05, 0) is 32.8 Å². The van der Waals surface area contributed by atoms with Crippen LogP contribution in [0, 0.1) is 20.8 Å². The monoisotopic (exact) mass is 211 g/mol. The highest BCUT2D eigenvalue weighted by molar-refractivity contribution is 5.72. The highest BCUT2D eigenvalue weighted by atomic mass is 16.4. The number of aromatic nitrogens is 2. The van der Waals surface area contributed by atoms with Gasteiger partial charge in [-0.15, -0.1) is 0 Å². The molecule has 0 aliphatic heterocycles. The fourth-order valence-corrected chi connectivity index (χ4v) is 1.39. The van der Waals surface area contributed by atoms with Gasteiger partial charge < -0.3 is 10.8 Å². The van der Waals surface area contributed by atoms with Gasteiger partial charge in [-0.3, -0.25) is 9.48 Å². The van der Waals surface area contributed by atoms with Crippen molar-refractivity contribution in [3.8, 4) is 0 Å². The Morgan fingerprint density at radius 2 is 2.13 bits per heavy atom. The summed E-state index contributed by atoms with van der Waals surface area (Å²) in [6.07, 6.45) is 0.400. The zero-order valence-corrected chi connectivity index (χ0v) is 9.32. The van der Waals surface area contributed by atoms with Crippen LogP contribution in [0.15, 0.2) is 0 Å². The molecule has 1 aromatic heterocycles. The molecule has 84 valence electrons. The second-order valence-electron chi connectivity index (χ2n) is 3.75. The Balaban J connectivity index is 2.66. The number of carboxylic acids is 1. The summed E-state index contributed by atoms with van der Waals surface area (Å²) >= 11 is 0. The number of aryl methyl sites for hydroxylation is 2. The lowest BCUT2D eigenvalue weighted by atomic mass is 10.2. The molecule has 0 aliphatic rings. The second kappa shape index (κ2) is 4.44. The van der Waals surface area contributed by atoms with Gasteiger partial charge in [0, 0.05) is 12.2 Å². The van der Waals surface area contributed by atoms with Gasteiger partial charge in [0.2, 0.25) is 0 Å². The minimum atomic E-state index is -0.965. The summed E-state index contributed by atoms with van der Waals surface area (Å²) < 4.78 is 1.81. The molecule has 1 heterocycles. The smallest absolute Gasteiger partial charge is 0.320 e. The van der Waals surface area contributed by atoms with Gasteiger partial charge in [-0.25, -0.2) is 0 Å². The molecule has 0 amide bonds. The molecular weight excluding hydrogens is 194 g/mol. The second-order valence-corrected chi connectivity index (χ2v) is 3.75. The highest BCUT2D eigenvalue weighted by Crippen LogP contribution is 2.11. The van der Waals surface area contributed by atoms with Crippen LogP contribution >= 0.6 is 0 Å². The van der Waals surface area contributed by atoms with Crippen LogP contribution in [0.1, 0.15) is 23.4 Å². The van der Waals surface area contributed by atoms with E-state index in [4.69, 9.17) is 10.8 Å². The highest BCUT2D eigenvalue weighted by Gasteiger charge is 2.13. The molecule has 0 aromatic carbocycles. The Bertz CT molecular complexity index is 371. The quantitative estimate of drug-likeness (QED) is 0.764. The van der Waals surface area contributed by atoms with Crippen LogP contribution in [-0.2, 0) is 11.3 Å². The lowest BCUT2D eigenvalue weighted by Gasteiger charge is -2.07. The minimum absolute atomic E-state index is 0.400. The van der Waals surface area contributed by atoms with Crippen LogP contribution in [0.2, 0.25) is 0 Å². The molecule has 0 bridgehead atoms. The van der Waals surface area contributed by atoms with Crippen molar-refractivity contribution in [2.24, 2.45) is 5.73 Å². The van der Waals surface area contributed by atoms with Crippen LogP contribution in [0.3, 0.4) is 0 Å². The summed E-state index contributed by atoms with van der Waals surface area (Å²) in [6, 6.07) is -0.811. The lowest BCUT2D eigenvalue weighted by Crippen LogP contribution is -2.31. The number of hydrogen-bond donors (Lipinski definition) is 2. The molecule has 3 N–H and O–H groups in total. The molecule has 5 nitrogen and oxygen atoms in total. The SMILES string of the molecule is Cc1nn(CCC(N)C(=O)O)c(C)c1C. The molecule has 1 atom stereocenters. The van der Waals surface area contributed by atoms with Crippen molar-refractivity contribution >= 4 is 5.97 Å². The predicted octanol–water partition coefficient (Wildman–Crippen LogP) is 0.610. The summed E-state index contributed by atoms with van der Waals surface area (Å²) in [7, 11) is 0. The topological polar surface area (TPSA) is 81.1 Å². The molecule has 1 rings (SSSR count). The maximum absolute atomic E-state index is 10.5. The number of hydrogen-bond acceptors (Lipinski definition) is 3. The molecule has 0 saturated heterocycles. The average Bonchev–Trinajstić information content (AvgIpc) is 2.42. The van der Waals surface area contributed by atoms with E-state index in [-0.39, 0.29) is 0 Å². The fraction of sp³-hybridized carbons (Fsp3) is 0.600. The molecule has 0 aliphatic carbocycles. The first-order chi connectivity index (χ1) is 6.93. The van der Waals surface area contributed by atoms with Gasteiger partial charge in [0.05, 0.1) is 5.69 Å². The van der Waals surface area contributed by atoms with E-state index >= 15 is 0 Å². The number of carboxylic acid groups (broad SMARTS) is 1. The van der Waals surface area contributed by atoms with Gasteiger partial charge in [-0.1, -0.05) is 0 Å². The number of nitrogens with zero attached hydrogens (tertiary/aromatic N) is 2. The Morgan fingerprint density at radius 1 is 1.53 bits per heavy atom. The zero-order valence-electron chi connectivity index (χ0n) is 9.32. The van der Waals surface area contributed by atoms with Gasteiger partial charge in [0.25, 0.3) is 0 Å². The van der Waals surface area contributed by atoms with E-state index < -0.39 is 12.0 Å². The van der Waals surface area contributed by atoms with Crippen molar-refractivity contribution in [3.05, 3.63) is 17.0 Å². The first-order valence-electron chi connectivity index (χ1n) is 4.92. The van der Waals surface area contributed by atoms with E-state index in [0.717, 1.165) is 17.0 Å². The first kappa shape index (κ1) is 11.7. The Labute approximate surface area is 88.9 Å². The van der Waals surface area contributed by atoms with Gasteiger partial charge in [0.1, 0.15) is 6.04 Å². The zero-order chi connectivity index (χ0) is 11.6. The third-order valence-electron chi connectivity index (χ3n) is 2.71. The van der Waals surface area contributed by atoms with Crippen LogP contribution in [0.4, 0.5) is 0 Å². The summed E-state index contributed by atoms with van der Waals surface area (Å²) in [6.45, 7) is 6.47. The van der Waals surface area contributed by atoms with E-state index in [1.807, 2.05) is 25.5 Å². The number of aliphatic carboxylic acids is 1. The first-order valence-corrected chi connectivity index (χ1v) is 4.92. The van der Waals surface area contributed by atoms with Crippen molar-refractivity contribution in [2.45, 2.75) is 39.8 Å². The van der Waals surface area contributed by atoms with Gasteiger partial charge in [-0.2, -0.15) is 5.10 Å². The van der Waals surface area contributed by atoms with E-state index in [1.165, 1.54) is 0 Å².